The summed E-state index contributed by atoms with van der Waals surface area (Å²) in [5.74, 6) is -0.195. The van der Waals surface area contributed by atoms with E-state index >= 15 is 0 Å². The lowest BCUT2D eigenvalue weighted by atomic mass is 9.87. The molecule has 1 amide bonds. The first-order chi connectivity index (χ1) is 12.7. The maximum absolute atomic E-state index is 12.6. The molecule has 4 rings (SSSR count). The summed E-state index contributed by atoms with van der Waals surface area (Å²) in [5, 5.41) is 11.2. The number of nitrogen functional groups attached to an aromatic ring is 1. The first-order valence-corrected chi connectivity index (χ1v) is 8.82. The Kier molecular flexibility index (Phi) is 5.76. The van der Waals surface area contributed by atoms with Crippen molar-refractivity contribution in [2.24, 2.45) is 0 Å². The molecule has 0 saturated heterocycles. The van der Waals surface area contributed by atoms with Gasteiger partial charge in [0, 0.05) is 5.69 Å². The predicted molar refractivity (Wildman–Crippen MR) is 107 cm³/mol. The summed E-state index contributed by atoms with van der Waals surface area (Å²) in [5.41, 5.74) is 10.5. The number of nitrogens with one attached hydrogen (secondary N) is 1. The van der Waals surface area contributed by atoms with E-state index < -0.39 is 0 Å². The van der Waals surface area contributed by atoms with Gasteiger partial charge in [0.25, 0.3) is 5.91 Å². The van der Waals surface area contributed by atoms with Crippen LogP contribution in [0.3, 0.4) is 0 Å². The molecule has 2 aromatic carbocycles. The van der Waals surface area contributed by atoms with Gasteiger partial charge in [0.1, 0.15) is 0 Å². The number of fused-ring (bicyclic) bond motifs is 1. The number of carbonyl (C=O) groups is 1. The van der Waals surface area contributed by atoms with Gasteiger partial charge >= 0.3 is 0 Å². The molecule has 3 aromatic rings. The average molecular weight is 384 g/mol. The predicted octanol–water partition coefficient (Wildman–Crippen LogP) is 3.14. The van der Waals surface area contributed by atoms with Crippen molar-refractivity contribution in [2.75, 3.05) is 5.73 Å². The summed E-state index contributed by atoms with van der Waals surface area (Å²) >= 11 is 0. The van der Waals surface area contributed by atoms with Crippen LogP contribution in [0, 0.1) is 0 Å². The van der Waals surface area contributed by atoms with Gasteiger partial charge in [0.2, 0.25) is 0 Å². The molecule has 0 spiro atoms. The van der Waals surface area contributed by atoms with Gasteiger partial charge in [0.15, 0.2) is 5.69 Å². The van der Waals surface area contributed by atoms with Crippen LogP contribution in [-0.2, 0) is 13.0 Å². The zero-order chi connectivity index (χ0) is 17.9. The van der Waals surface area contributed by atoms with E-state index in [1.165, 1.54) is 5.56 Å². The number of anilines is 1. The highest BCUT2D eigenvalue weighted by Crippen LogP contribution is 2.31. The number of aryl methyl sites for hydroxylation is 1. The molecule has 6 nitrogen and oxygen atoms in total. The van der Waals surface area contributed by atoms with Gasteiger partial charge in [-0.1, -0.05) is 41.6 Å². The molecule has 1 heterocycles. The summed E-state index contributed by atoms with van der Waals surface area (Å²) in [6, 6.07) is 15.9. The average Bonchev–Trinajstić information content (AvgIpc) is 3.11. The maximum Gasteiger partial charge on any atom is 0.273 e. The monoisotopic (exact) mass is 383 g/mol. The van der Waals surface area contributed by atoms with Gasteiger partial charge in [-0.05, 0) is 48.1 Å². The molecule has 0 bridgehead atoms. The van der Waals surface area contributed by atoms with Crippen molar-refractivity contribution in [3.05, 3.63) is 77.1 Å². The summed E-state index contributed by atoms with van der Waals surface area (Å²) < 4.78 is 1.68. The van der Waals surface area contributed by atoms with Crippen LogP contribution in [0.2, 0.25) is 0 Å². The van der Waals surface area contributed by atoms with E-state index in [1.54, 1.807) is 10.9 Å². The molecule has 3 N–H and O–H groups in total. The Labute approximate surface area is 164 Å². The number of carbonyl (C=O) groups excluding carboxylic acids is 1. The zero-order valence-electron chi connectivity index (χ0n) is 14.8. The molecule has 140 valence electrons. The Morgan fingerprint density at radius 2 is 2.04 bits per heavy atom. The Bertz CT molecular complexity index is 925. The zero-order valence-corrected chi connectivity index (χ0v) is 15.7. The van der Waals surface area contributed by atoms with Crippen molar-refractivity contribution >= 4 is 24.0 Å². The summed E-state index contributed by atoms with van der Waals surface area (Å²) in [6.07, 6.45) is 4.64. The molecule has 1 aliphatic carbocycles. The van der Waals surface area contributed by atoms with Crippen molar-refractivity contribution in [3.63, 3.8) is 0 Å². The van der Waals surface area contributed by atoms with Gasteiger partial charge in [-0.25, -0.2) is 4.68 Å². The quantitative estimate of drug-likeness (QED) is 0.678. The largest absolute Gasteiger partial charge is 0.399 e. The third-order valence-corrected chi connectivity index (χ3v) is 4.75. The fraction of sp³-hybridized carbons (Fsp3) is 0.250. The van der Waals surface area contributed by atoms with Crippen LogP contribution in [0.25, 0.3) is 0 Å². The molecule has 0 saturated carbocycles. The highest BCUT2D eigenvalue weighted by Gasteiger charge is 2.23. The van der Waals surface area contributed by atoms with Crippen LogP contribution >= 0.6 is 12.4 Å². The Balaban J connectivity index is 0.00000210. The number of rotatable bonds is 4. The van der Waals surface area contributed by atoms with Crippen LogP contribution in [0.1, 0.15) is 46.1 Å². The SMILES string of the molecule is Cl.Nc1ccc2c(c1)CCCC2NC(=O)c1cn(Cc2ccccc2)nn1. The summed E-state index contributed by atoms with van der Waals surface area (Å²) in [6.45, 7) is 0.590. The molecule has 0 fully saturated rings. The van der Waals surface area contributed by atoms with Crippen LogP contribution in [0.5, 0.6) is 0 Å². The van der Waals surface area contributed by atoms with E-state index in [4.69, 9.17) is 5.73 Å². The minimum atomic E-state index is -0.195. The number of amides is 1. The van der Waals surface area contributed by atoms with E-state index in [0.717, 1.165) is 36.1 Å². The molecule has 7 heteroatoms. The van der Waals surface area contributed by atoms with Crippen molar-refractivity contribution in [1.82, 2.24) is 20.3 Å². The van der Waals surface area contributed by atoms with Gasteiger partial charge in [-0.15, -0.1) is 17.5 Å². The molecule has 1 aromatic heterocycles. The fourth-order valence-electron chi connectivity index (χ4n) is 3.47. The molecule has 0 aliphatic heterocycles. The number of aromatic nitrogens is 3. The molecule has 1 unspecified atom stereocenters. The number of benzene rings is 2. The first kappa shape index (κ1) is 18.9. The summed E-state index contributed by atoms with van der Waals surface area (Å²) in [7, 11) is 0. The van der Waals surface area contributed by atoms with Gasteiger partial charge < -0.3 is 11.1 Å². The van der Waals surface area contributed by atoms with Crippen molar-refractivity contribution < 1.29 is 4.79 Å². The van der Waals surface area contributed by atoms with Crippen LogP contribution < -0.4 is 11.1 Å². The Morgan fingerprint density at radius 1 is 1.22 bits per heavy atom. The van der Waals surface area contributed by atoms with Crippen LogP contribution in [-0.4, -0.2) is 20.9 Å². The van der Waals surface area contributed by atoms with Crippen LogP contribution in [0.15, 0.2) is 54.7 Å². The smallest absolute Gasteiger partial charge is 0.273 e. The number of halogens is 1. The van der Waals surface area contributed by atoms with E-state index in [-0.39, 0.29) is 24.4 Å². The first-order valence-electron chi connectivity index (χ1n) is 8.82. The molecule has 27 heavy (non-hydrogen) atoms. The van der Waals surface area contributed by atoms with Crippen molar-refractivity contribution in [2.45, 2.75) is 31.8 Å². The second-order valence-electron chi connectivity index (χ2n) is 6.66. The standard InChI is InChI=1S/C20H21N5O.ClH/c21-16-9-10-17-15(11-16)7-4-8-18(17)22-20(26)19-13-25(24-23-19)12-14-5-2-1-3-6-14;/h1-3,5-6,9-11,13,18H,4,7-8,12,21H2,(H,22,26);1H. The van der Waals surface area contributed by atoms with E-state index in [9.17, 15) is 4.79 Å². The highest BCUT2D eigenvalue weighted by molar-refractivity contribution is 5.92. The third kappa shape index (κ3) is 4.28. The number of nitrogens with zero attached hydrogens (tertiary/aromatic N) is 3. The van der Waals surface area contributed by atoms with Crippen molar-refractivity contribution in [3.8, 4) is 0 Å². The molecular formula is C20H22ClN5O. The normalized spacial score (nSPS) is 15.5. The van der Waals surface area contributed by atoms with Gasteiger partial charge in [-0.3, -0.25) is 4.79 Å². The second-order valence-corrected chi connectivity index (χ2v) is 6.66. The lowest BCUT2D eigenvalue weighted by molar-refractivity contribution is 0.0927. The lowest BCUT2D eigenvalue weighted by Gasteiger charge is -2.26. The Hall–Kier alpha value is -2.86. The molecular weight excluding hydrogens is 362 g/mol. The topological polar surface area (TPSA) is 85.8 Å². The van der Waals surface area contributed by atoms with E-state index in [0.29, 0.717) is 12.2 Å². The van der Waals surface area contributed by atoms with Gasteiger partial charge in [0.05, 0.1) is 18.8 Å². The van der Waals surface area contributed by atoms with Crippen molar-refractivity contribution in [1.29, 1.82) is 0 Å². The molecule has 0 radical (unpaired) electrons. The summed E-state index contributed by atoms with van der Waals surface area (Å²) in [4.78, 5) is 12.6. The lowest BCUT2D eigenvalue weighted by Crippen LogP contribution is -2.31. The minimum absolute atomic E-state index is 0. The van der Waals surface area contributed by atoms with E-state index in [2.05, 4.69) is 15.6 Å². The Morgan fingerprint density at radius 3 is 2.85 bits per heavy atom. The number of hydrogen-bond acceptors (Lipinski definition) is 4. The number of nitrogens with two attached hydrogens (primary N) is 1. The second kappa shape index (κ2) is 8.22. The molecule has 1 atom stereocenters. The molecule has 1 aliphatic rings. The van der Waals surface area contributed by atoms with Gasteiger partial charge in [-0.2, -0.15) is 0 Å². The number of hydrogen-bond donors (Lipinski definition) is 2. The van der Waals surface area contributed by atoms with E-state index in [1.807, 2.05) is 48.5 Å². The maximum atomic E-state index is 12.6. The van der Waals surface area contributed by atoms with Crippen LogP contribution in [0.4, 0.5) is 5.69 Å². The third-order valence-electron chi connectivity index (χ3n) is 4.75. The fourth-order valence-corrected chi connectivity index (χ4v) is 3.47. The minimum Gasteiger partial charge on any atom is -0.399 e. The highest BCUT2D eigenvalue weighted by atomic mass is 35.5.